The molecule has 1 saturated heterocycles. The van der Waals surface area contributed by atoms with Crippen LogP contribution in [-0.2, 0) is 6.54 Å². The molecular formula is C24H24N2. The Kier molecular flexibility index (Phi) is 5.22. The second-order valence-electron chi connectivity index (χ2n) is 7.02. The van der Waals surface area contributed by atoms with Gasteiger partial charge in [-0.2, -0.15) is 0 Å². The van der Waals surface area contributed by atoms with Crippen LogP contribution in [0.1, 0.15) is 29.2 Å². The summed E-state index contributed by atoms with van der Waals surface area (Å²) in [5.74, 6) is 0.531. The third kappa shape index (κ3) is 4.27. The molecule has 0 saturated carbocycles. The van der Waals surface area contributed by atoms with Gasteiger partial charge in [0.1, 0.15) is 0 Å². The third-order valence-corrected chi connectivity index (χ3v) is 4.97. The van der Waals surface area contributed by atoms with E-state index in [0.29, 0.717) is 5.92 Å². The molecule has 26 heavy (non-hydrogen) atoms. The van der Waals surface area contributed by atoms with E-state index in [9.17, 15) is 0 Å². The minimum atomic E-state index is 0.531. The molecule has 0 bridgehead atoms. The molecule has 1 fully saturated rings. The van der Waals surface area contributed by atoms with Crippen molar-refractivity contribution in [3.63, 3.8) is 0 Å². The molecule has 0 aliphatic carbocycles. The van der Waals surface area contributed by atoms with Crippen LogP contribution in [0.15, 0.2) is 90.6 Å². The first-order chi connectivity index (χ1) is 12.9. The number of piperidine rings is 1. The first-order valence-corrected chi connectivity index (χ1v) is 9.28. The average Bonchev–Trinajstić information content (AvgIpc) is 2.70. The summed E-state index contributed by atoms with van der Waals surface area (Å²) in [5, 5.41) is 0. The smallest absolute Gasteiger partial charge is 0.0629 e. The summed E-state index contributed by atoms with van der Waals surface area (Å²) < 4.78 is 0. The van der Waals surface area contributed by atoms with Gasteiger partial charge in [0, 0.05) is 31.7 Å². The molecule has 0 spiro atoms. The van der Waals surface area contributed by atoms with Gasteiger partial charge in [-0.05, 0) is 35.8 Å². The molecule has 1 aromatic heterocycles. The standard InChI is InChI=1S/C24H24N2/c1-3-9-20(10-4-1)17-26-18-21(16-24-13-7-8-14-25-24)15-23(19-26)22-11-5-2-6-12-22/h1-14,16,23H,15,17-19H2. The van der Waals surface area contributed by atoms with Crippen molar-refractivity contribution in [2.24, 2.45) is 0 Å². The first-order valence-electron chi connectivity index (χ1n) is 9.28. The van der Waals surface area contributed by atoms with E-state index in [1.54, 1.807) is 0 Å². The summed E-state index contributed by atoms with van der Waals surface area (Å²) >= 11 is 0. The van der Waals surface area contributed by atoms with Gasteiger partial charge in [-0.3, -0.25) is 9.88 Å². The van der Waals surface area contributed by atoms with Gasteiger partial charge in [0.05, 0.1) is 5.69 Å². The Labute approximate surface area is 155 Å². The van der Waals surface area contributed by atoms with E-state index in [0.717, 1.165) is 31.7 Å². The summed E-state index contributed by atoms with van der Waals surface area (Å²) in [6.07, 6.45) is 5.24. The highest BCUT2D eigenvalue weighted by atomic mass is 15.1. The van der Waals surface area contributed by atoms with E-state index in [-0.39, 0.29) is 0 Å². The predicted molar refractivity (Wildman–Crippen MR) is 108 cm³/mol. The van der Waals surface area contributed by atoms with Crippen LogP contribution in [-0.4, -0.2) is 23.0 Å². The van der Waals surface area contributed by atoms with E-state index >= 15 is 0 Å². The molecule has 2 heteroatoms. The fourth-order valence-corrected chi connectivity index (χ4v) is 3.79. The summed E-state index contributed by atoms with van der Waals surface area (Å²) in [4.78, 5) is 7.05. The van der Waals surface area contributed by atoms with Gasteiger partial charge in [-0.25, -0.2) is 0 Å². The maximum atomic E-state index is 4.48. The van der Waals surface area contributed by atoms with Gasteiger partial charge in [0.25, 0.3) is 0 Å². The lowest BCUT2D eigenvalue weighted by Crippen LogP contribution is -2.35. The Balaban J connectivity index is 1.59. The fraction of sp³-hybridized carbons (Fsp3) is 0.208. The van der Waals surface area contributed by atoms with Crippen LogP contribution in [0.25, 0.3) is 6.08 Å². The number of rotatable bonds is 4. The van der Waals surface area contributed by atoms with Crippen molar-refractivity contribution in [1.29, 1.82) is 0 Å². The van der Waals surface area contributed by atoms with Crippen molar-refractivity contribution in [1.82, 2.24) is 9.88 Å². The zero-order valence-electron chi connectivity index (χ0n) is 15.0. The molecule has 1 atom stereocenters. The Morgan fingerprint density at radius 1 is 0.885 bits per heavy atom. The van der Waals surface area contributed by atoms with E-state index in [1.165, 1.54) is 16.7 Å². The minimum Gasteiger partial charge on any atom is -0.295 e. The number of pyridine rings is 1. The normalized spacial score (nSPS) is 19.5. The van der Waals surface area contributed by atoms with Crippen LogP contribution in [0.2, 0.25) is 0 Å². The molecular weight excluding hydrogens is 316 g/mol. The largest absolute Gasteiger partial charge is 0.295 e. The van der Waals surface area contributed by atoms with Crippen molar-refractivity contribution in [3.8, 4) is 0 Å². The maximum Gasteiger partial charge on any atom is 0.0629 e. The van der Waals surface area contributed by atoms with Crippen molar-refractivity contribution < 1.29 is 0 Å². The van der Waals surface area contributed by atoms with Gasteiger partial charge in [-0.1, -0.05) is 72.3 Å². The second kappa shape index (κ2) is 8.11. The zero-order chi connectivity index (χ0) is 17.6. The molecule has 2 aromatic carbocycles. The van der Waals surface area contributed by atoms with Gasteiger partial charge in [0.15, 0.2) is 0 Å². The quantitative estimate of drug-likeness (QED) is 0.652. The van der Waals surface area contributed by atoms with Gasteiger partial charge >= 0.3 is 0 Å². The van der Waals surface area contributed by atoms with Crippen LogP contribution < -0.4 is 0 Å². The molecule has 2 heterocycles. The predicted octanol–water partition coefficient (Wildman–Crippen LogP) is 5.15. The summed E-state index contributed by atoms with van der Waals surface area (Å²) in [7, 11) is 0. The third-order valence-electron chi connectivity index (χ3n) is 4.97. The molecule has 0 N–H and O–H groups in total. The highest BCUT2D eigenvalue weighted by Gasteiger charge is 2.24. The van der Waals surface area contributed by atoms with Crippen molar-refractivity contribution >= 4 is 6.08 Å². The average molecular weight is 340 g/mol. The van der Waals surface area contributed by atoms with E-state index in [4.69, 9.17) is 0 Å². The lowest BCUT2D eigenvalue weighted by atomic mass is 9.87. The molecule has 2 nitrogen and oxygen atoms in total. The van der Waals surface area contributed by atoms with Crippen LogP contribution in [0, 0.1) is 0 Å². The summed E-state index contributed by atoms with van der Waals surface area (Å²) in [5.41, 5.74) is 5.31. The Morgan fingerprint density at radius 3 is 2.35 bits per heavy atom. The highest BCUT2D eigenvalue weighted by molar-refractivity contribution is 5.50. The second-order valence-corrected chi connectivity index (χ2v) is 7.02. The van der Waals surface area contributed by atoms with Crippen LogP contribution >= 0.6 is 0 Å². The van der Waals surface area contributed by atoms with Crippen LogP contribution in [0.5, 0.6) is 0 Å². The van der Waals surface area contributed by atoms with Crippen LogP contribution in [0.3, 0.4) is 0 Å². The summed E-state index contributed by atoms with van der Waals surface area (Å²) in [6, 6.07) is 27.8. The lowest BCUT2D eigenvalue weighted by Gasteiger charge is -2.35. The minimum absolute atomic E-state index is 0.531. The molecule has 1 aliphatic rings. The van der Waals surface area contributed by atoms with Crippen molar-refractivity contribution in [3.05, 3.63) is 107 Å². The summed E-state index contributed by atoms with van der Waals surface area (Å²) in [6.45, 7) is 3.09. The number of hydrogen-bond acceptors (Lipinski definition) is 2. The molecule has 130 valence electrons. The Bertz CT molecular complexity index is 841. The Morgan fingerprint density at radius 2 is 1.62 bits per heavy atom. The molecule has 0 radical (unpaired) electrons. The van der Waals surface area contributed by atoms with Gasteiger partial charge in [0.2, 0.25) is 0 Å². The highest BCUT2D eigenvalue weighted by Crippen LogP contribution is 2.31. The molecule has 1 unspecified atom stereocenters. The van der Waals surface area contributed by atoms with E-state index < -0.39 is 0 Å². The van der Waals surface area contributed by atoms with Crippen LogP contribution in [0.4, 0.5) is 0 Å². The van der Waals surface area contributed by atoms with Gasteiger partial charge < -0.3 is 0 Å². The van der Waals surface area contributed by atoms with Crippen molar-refractivity contribution in [2.45, 2.75) is 18.9 Å². The number of nitrogens with zero attached hydrogens (tertiary/aromatic N) is 2. The maximum absolute atomic E-state index is 4.48. The Hall–Kier alpha value is -2.71. The SMILES string of the molecule is C(=C1CC(c2ccccc2)CN(Cc2ccccc2)C1)c1ccccn1. The van der Waals surface area contributed by atoms with E-state index in [2.05, 4.69) is 88.8 Å². The first kappa shape index (κ1) is 16.7. The van der Waals surface area contributed by atoms with Gasteiger partial charge in [-0.15, -0.1) is 0 Å². The number of likely N-dealkylation sites (tertiary alicyclic amines) is 1. The lowest BCUT2D eigenvalue weighted by molar-refractivity contribution is 0.238. The monoisotopic (exact) mass is 340 g/mol. The number of benzene rings is 2. The fourth-order valence-electron chi connectivity index (χ4n) is 3.79. The molecule has 4 rings (SSSR count). The molecule has 1 aliphatic heterocycles. The zero-order valence-corrected chi connectivity index (χ0v) is 15.0. The molecule has 3 aromatic rings. The topological polar surface area (TPSA) is 16.1 Å². The molecule has 0 amide bonds. The number of hydrogen-bond donors (Lipinski definition) is 0. The van der Waals surface area contributed by atoms with Crippen molar-refractivity contribution in [2.75, 3.05) is 13.1 Å². The number of aromatic nitrogens is 1. The van der Waals surface area contributed by atoms with E-state index in [1.807, 2.05) is 12.3 Å².